The molecule has 1 aromatic rings. The summed E-state index contributed by atoms with van der Waals surface area (Å²) in [5.74, 6) is 1.02. The molecule has 0 aliphatic rings. The van der Waals surface area contributed by atoms with Crippen LogP contribution in [0.1, 0.15) is 32.8 Å². The maximum absolute atomic E-state index is 11.8. The average Bonchev–Trinajstić information content (AvgIpc) is 2.36. The van der Waals surface area contributed by atoms with E-state index in [1.54, 1.807) is 11.8 Å². The Morgan fingerprint density at radius 2 is 1.94 bits per heavy atom. The van der Waals surface area contributed by atoms with Gasteiger partial charge in [-0.15, -0.1) is 11.8 Å². The first-order chi connectivity index (χ1) is 8.13. The number of hydrogen-bond acceptors (Lipinski definition) is 2. The third-order valence-corrected chi connectivity index (χ3v) is 3.93. The van der Waals surface area contributed by atoms with Gasteiger partial charge in [-0.05, 0) is 25.8 Å². The van der Waals surface area contributed by atoms with Crippen LogP contribution in [0.4, 0.5) is 0 Å². The van der Waals surface area contributed by atoms with E-state index in [4.69, 9.17) is 0 Å². The number of nitrogens with one attached hydrogen (secondary N) is 1. The van der Waals surface area contributed by atoms with Crippen molar-refractivity contribution < 1.29 is 4.79 Å². The standard InChI is InChI=1S/C14H21NOS/c1-4-11(2)15-14(16)12(3)17-10-13-8-6-5-7-9-13/h5-9,11-12H,4,10H2,1-3H3,(H,15,16)/t11-,12+/m0/s1. The molecule has 0 aliphatic carbocycles. The number of hydrogen-bond donors (Lipinski definition) is 1. The zero-order chi connectivity index (χ0) is 12.7. The van der Waals surface area contributed by atoms with E-state index in [0.29, 0.717) is 0 Å². The Morgan fingerprint density at radius 3 is 2.53 bits per heavy atom. The van der Waals surface area contributed by atoms with Crippen molar-refractivity contribution in [3.8, 4) is 0 Å². The summed E-state index contributed by atoms with van der Waals surface area (Å²) in [6, 6.07) is 10.5. The van der Waals surface area contributed by atoms with Crippen LogP contribution in [0.25, 0.3) is 0 Å². The van der Waals surface area contributed by atoms with E-state index in [-0.39, 0.29) is 17.2 Å². The Morgan fingerprint density at radius 1 is 1.29 bits per heavy atom. The van der Waals surface area contributed by atoms with Gasteiger partial charge in [0.05, 0.1) is 5.25 Å². The maximum Gasteiger partial charge on any atom is 0.233 e. The number of carbonyl (C=O) groups is 1. The fraction of sp³-hybridized carbons (Fsp3) is 0.500. The first-order valence-electron chi connectivity index (χ1n) is 6.09. The fourth-order valence-corrected chi connectivity index (χ4v) is 2.19. The molecule has 2 nitrogen and oxygen atoms in total. The molecule has 0 aliphatic heterocycles. The topological polar surface area (TPSA) is 29.1 Å². The Labute approximate surface area is 108 Å². The number of benzene rings is 1. The van der Waals surface area contributed by atoms with E-state index in [2.05, 4.69) is 24.4 Å². The summed E-state index contributed by atoms with van der Waals surface area (Å²) >= 11 is 1.68. The Balaban J connectivity index is 2.34. The van der Waals surface area contributed by atoms with Crippen LogP contribution in [0, 0.1) is 0 Å². The zero-order valence-electron chi connectivity index (χ0n) is 10.8. The molecule has 0 aromatic heterocycles. The summed E-state index contributed by atoms with van der Waals surface area (Å²) < 4.78 is 0. The lowest BCUT2D eigenvalue weighted by molar-refractivity contribution is -0.120. The summed E-state index contributed by atoms with van der Waals surface area (Å²) in [5.41, 5.74) is 1.26. The Bertz CT molecular complexity index is 339. The molecule has 0 bridgehead atoms. The lowest BCUT2D eigenvalue weighted by Crippen LogP contribution is -2.37. The van der Waals surface area contributed by atoms with Crippen molar-refractivity contribution in [1.82, 2.24) is 5.32 Å². The van der Waals surface area contributed by atoms with Crippen LogP contribution < -0.4 is 5.32 Å². The molecule has 1 rings (SSSR count). The molecule has 0 saturated carbocycles. The highest BCUT2D eigenvalue weighted by Gasteiger charge is 2.14. The largest absolute Gasteiger partial charge is 0.353 e. The van der Waals surface area contributed by atoms with Gasteiger partial charge in [-0.25, -0.2) is 0 Å². The maximum atomic E-state index is 11.8. The third-order valence-electron chi connectivity index (χ3n) is 2.71. The SMILES string of the molecule is CC[C@H](C)NC(=O)[C@@H](C)SCc1ccccc1. The van der Waals surface area contributed by atoms with E-state index in [1.807, 2.05) is 32.0 Å². The van der Waals surface area contributed by atoms with Gasteiger partial charge in [0.2, 0.25) is 5.91 Å². The molecule has 0 heterocycles. The van der Waals surface area contributed by atoms with E-state index < -0.39 is 0 Å². The smallest absolute Gasteiger partial charge is 0.233 e. The number of carbonyl (C=O) groups excluding carboxylic acids is 1. The lowest BCUT2D eigenvalue weighted by Gasteiger charge is -2.15. The second-order valence-corrected chi connectivity index (χ2v) is 5.59. The minimum atomic E-state index is 0.00389. The summed E-state index contributed by atoms with van der Waals surface area (Å²) in [7, 11) is 0. The highest BCUT2D eigenvalue weighted by Crippen LogP contribution is 2.17. The monoisotopic (exact) mass is 251 g/mol. The van der Waals surface area contributed by atoms with Crippen LogP contribution in [0.15, 0.2) is 30.3 Å². The van der Waals surface area contributed by atoms with Crippen molar-refractivity contribution in [3.05, 3.63) is 35.9 Å². The first-order valence-corrected chi connectivity index (χ1v) is 7.14. The molecule has 1 amide bonds. The molecule has 0 saturated heterocycles. The van der Waals surface area contributed by atoms with Gasteiger partial charge < -0.3 is 5.32 Å². The molecular weight excluding hydrogens is 230 g/mol. The van der Waals surface area contributed by atoms with Gasteiger partial charge >= 0.3 is 0 Å². The van der Waals surface area contributed by atoms with Crippen LogP contribution in [0.3, 0.4) is 0 Å². The van der Waals surface area contributed by atoms with Crippen LogP contribution in [-0.2, 0) is 10.5 Å². The summed E-state index contributed by atoms with van der Waals surface area (Å²) in [6.07, 6.45) is 0.974. The minimum absolute atomic E-state index is 0.00389. The van der Waals surface area contributed by atoms with Crippen molar-refractivity contribution in [2.45, 2.75) is 44.2 Å². The molecule has 2 atom stereocenters. The average molecular weight is 251 g/mol. The van der Waals surface area contributed by atoms with E-state index in [1.165, 1.54) is 5.56 Å². The van der Waals surface area contributed by atoms with Gasteiger partial charge in [-0.3, -0.25) is 4.79 Å². The predicted molar refractivity (Wildman–Crippen MR) is 75.1 cm³/mol. The minimum Gasteiger partial charge on any atom is -0.353 e. The molecule has 0 unspecified atom stereocenters. The van der Waals surface area contributed by atoms with Crippen molar-refractivity contribution >= 4 is 17.7 Å². The molecule has 3 heteroatoms. The lowest BCUT2D eigenvalue weighted by atomic mass is 10.2. The Hall–Kier alpha value is -0.960. The fourth-order valence-electron chi connectivity index (χ4n) is 1.33. The molecule has 0 spiro atoms. The number of thioether (sulfide) groups is 1. The number of amides is 1. The molecular formula is C14H21NOS. The van der Waals surface area contributed by atoms with Crippen LogP contribution in [0.2, 0.25) is 0 Å². The molecule has 94 valence electrons. The van der Waals surface area contributed by atoms with Crippen molar-refractivity contribution in [2.75, 3.05) is 0 Å². The van der Waals surface area contributed by atoms with Crippen LogP contribution in [-0.4, -0.2) is 17.2 Å². The van der Waals surface area contributed by atoms with Gasteiger partial charge in [-0.2, -0.15) is 0 Å². The first kappa shape index (κ1) is 14.1. The van der Waals surface area contributed by atoms with Gasteiger partial charge in [0.1, 0.15) is 0 Å². The van der Waals surface area contributed by atoms with E-state index in [9.17, 15) is 4.79 Å². The molecule has 1 N–H and O–H groups in total. The molecule has 17 heavy (non-hydrogen) atoms. The van der Waals surface area contributed by atoms with Crippen molar-refractivity contribution in [3.63, 3.8) is 0 Å². The quantitative estimate of drug-likeness (QED) is 0.841. The van der Waals surface area contributed by atoms with Gasteiger partial charge in [0.15, 0.2) is 0 Å². The van der Waals surface area contributed by atoms with E-state index >= 15 is 0 Å². The highest BCUT2D eigenvalue weighted by atomic mass is 32.2. The zero-order valence-corrected chi connectivity index (χ0v) is 11.6. The molecule has 0 radical (unpaired) electrons. The number of rotatable bonds is 6. The Kier molecular flexibility index (Phi) is 6.12. The van der Waals surface area contributed by atoms with Gasteiger partial charge in [0.25, 0.3) is 0 Å². The summed E-state index contributed by atoms with van der Waals surface area (Å²) in [6.45, 7) is 6.07. The second kappa shape index (κ2) is 7.38. The van der Waals surface area contributed by atoms with Gasteiger partial charge in [0, 0.05) is 11.8 Å². The van der Waals surface area contributed by atoms with E-state index in [0.717, 1.165) is 12.2 Å². The molecule has 0 fully saturated rings. The van der Waals surface area contributed by atoms with Crippen molar-refractivity contribution in [1.29, 1.82) is 0 Å². The normalized spacial score (nSPS) is 14.1. The van der Waals surface area contributed by atoms with Crippen molar-refractivity contribution in [2.24, 2.45) is 0 Å². The van der Waals surface area contributed by atoms with Crippen LogP contribution in [0.5, 0.6) is 0 Å². The second-order valence-electron chi connectivity index (χ2n) is 4.26. The highest BCUT2D eigenvalue weighted by molar-refractivity contribution is 7.99. The van der Waals surface area contributed by atoms with Crippen LogP contribution >= 0.6 is 11.8 Å². The molecule has 1 aromatic carbocycles. The summed E-state index contributed by atoms with van der Waals surface area (Å²) in [5, 5.41) is 3.01. The predicted octanol–water partition coefficient (Wildman–Crippen LogP) is 3.22. The van der Waals surface area contributed by atoms with Gasteiger partial charge in [-0.1, -0.05) is 37.3 Å². The third kappa shape index (κ3) is 5.26. The summed E-state index contributed by atoms with van der Waals surface area (Å²) in [4.78, 5) is 11.8.